The van der Waals surface area contributed by atoms with Crippen molar-refractivity contribution in [3.05, 3.63) is 28.2 Å². The van der Waals surface area contributed by atoms with Crippen molar-refractivity contribution in [1.29, 1.82) is 5.26 Å². The maximum Gasteiger partial charge on any atom is 0.239 e. The number of nitriles is 1. The third kappa shape index (κ3) is 4.73. The molecular formula is C12H14BrN3O2. The third-order valence-electron chi connectivity index (χ3n) is 2.17. The molecule has 0 aromatic heterocycles. The number of hydrogen-bond acceptors (Lipinski definition) is 4. The molecule has 96 valence electrons. The first-order valence-corrected chi connectivity index (χ1v) is 6.16. The number of rotatable bonds is 6. The van der Waals surface area contributed by atoms with Crippen molar-refractivity contribution >= 4 is 27.5 Å². The average molecular weight is 312 g/mol. The lowest BCUT2D eigenvalue weighted by atomic mass is 10.2. The van der Waals surface area contributed by atoms with E-state index in [1.54, 1.807) is 19.2 Å². The molecule has 6 heteroatoms. The van der Waals surface area contributed by atoms with Crippen LogP contribution >= 0.6 is 15.9 Å². The molecule has 0 radical (unpaired) electrons. The van der Waals surface area contributed by atoms with Crippen LogP contribution in [-0.4, -0.2) is 32.7 Å². The van der Waals surface area contributed by atoms with Crippen LogP contribution in [0.2, 0.25) is 0 Å². The molecule has 0 aliphatic heterocycles. The Morgan fingerprint density at radius 3 is 3.00 bits per heavy atom. The molecule has 18 heavy (non-hydrogen) atoms. The Bertz CT molecular complexity index is 457. The van der Waals surface area contributed by atoms with Crippen LogP contribution in [0.5, 0.6) is 0 Å². The molecule has 2 N–H and O–H groups in total. The zero-order chi connectivity index (χ0) is 13.4. The van der Waals surface area contributed by atoms with Crippen LogP contribution in [-0.2, 0) is 9.53 Å². The SMILES string of the molecule is COCCNC(=O)CNc1ccc(Br)cc1C#N. The molecule has 1 amide bonds. The second-order valence-corrected chi connectivity index (χ2v) is 4.41. The van der Waals surface area contributed by atoms with E-state index < -0.39 is 0 Å². The van der Waals surface area contributed by atoms with Gasteiger partial charge in [-0.1, -0.05) is 15.9 Å². The standard InChI is InChI=1S/C12H14BrN3O2/c1-18-5-4-15-12(17)8-16-11-3-2-10(13)6-9(11)7-14/h2-3,6,16H,4-5,8H2,1H3,(H,15,17). The fourth-order valence-electron chi connectivity index (χ4n) is 1.29. The summed E-state index contributed by atoms with van der Waals surface area (Å²) in [6.07, 6.45) is 0. The highest BCUT2D eigenvalue weighted by molar-refractivity contribution is 9.10. The molecule has 0 bridgehead atoms. The monoisotopic (exact) mass is 311 g/mol. The summed E-state index contributed by atoms with van der Waals surface area (Å²) in [5.41, 5.74) is 1.14. The van der Waals surface area contributed by atoms with Gasteiger partial charge in [-0.25, -0.2) is 0 Å². The quantitative estimate of drug-likeness (QED) is 0.781. The fourth-order valence-corrected chi connectivity index (χ4v) is 1.65. The zero-order valence-corrected chi connectivity index (χ0v) is 11.6. The van der Waals surface area contributed by atoms with Crippen molar-refractivity contribution in [3.8, 4) is 6.07 Å². The molecule has 0 saturated carbocycles. The lowest BCUT2D eigenvalue weighted by Crippen LogP contribution is -2.32. The van der Waals surface area contributed by atoms with Gasteiger partial charge in [-0.2, -0.15) is 5.26 Å². The Kier molecular flexibility index (Phi) is 6.19. The molecule has 0 saturated heterocycles. The molecule has 1 rings (SSSR count). The van der Waals surface area contributed by atoms with Crippen LogP contribution in [0.25, 0.3) is 0 Å². The summed E-state index contributed by atoms with van der Waals surface area (Å²) in [5, 5.41) is 14.6. The van der Waals surface area contributed by atoms with Gasteiger partial charge in [0.05, 0.1) is 24.4 Å². The van der Waals surface area contributed by atoms with E-state index in [1.807, 2.05) is 6.07 Å². The Morgan fingerprint density at radius 2 is 2.33 bits per heavy atom. The molecule has 0 heterocycles. The topological polar surface area (TPSA) is 74.2 Å². The van der Waals surface area contributed by atoms with E-state index in [4.69, 9.17) is 10.00 Å². The van der Waals surface area contributed by atoms with Crippen molar-refractivity contribution in [2.45, 2.75) is 0 Å². The molecule has 1 aromatic carbocycles. The predicted molar refractivity (Wildman–Crippen MR) is 72.2 cm³/mol. The van der Waals surface area contributed by atoms with Gasteiger partial charge in [0.1, 0.15) is 6.07 Å². The molecule has 0 aliphatic rings. The van der Waals surface area contributed by atoms with Gasteiger partial charge in [-0.15, -0.1) is 0 Å². The van der Waals surface area contributed by atoms with Crippen LogP contribution in [0.15, 0.2) is 22.7 Å². The molecule has 0 unspecified atom stereocenters. The minimum Gasteiger partial charge on any atom is -0.383 e. The summed E-state index contributed by atoms with van der Waals surface area (Å²) in [6, 6.07) is 7.33. The van der Waals surface area contributed by atoms with Crippen molar-refractivity contribution < 1.29 is 9.53 Å². The minimum absolute atomic E-state index is 0.125. The van der Waals surface area contributed by atoms with E-state index in [1.165, 1.54) is 0 Å². The van der Waals surface area contributed by atoms with Crippen LogP contribution in [0, 0.1) is 11.3 Å². The number of nitrogens with zero attached hydrogens (tertiary/aromatic N) is 1. The highest BCUT2D eigenvalue weighted by Gasteiger charge is 2.05. The Balaban J connectivity index is 2.48. The lowest BCUT2D eigenvalue weighted by molar-refractivity contribution is -0.119. The molecule has 1 aromatic rings. The van der Waals surface area contributed by atoms with E-state index in [0.717, 1.165) is 4.47 Å². The molecular weight excluding hydrogens is 298 g/mol. The summed E-state index contributed by atoms with van der Waals surface area (Å²) in [6.45, 7) is 1.08. The number of methoxy groups -OCH3 is 1. The smallest absolute Gasteiger partial charge is 0.239 e. The number of carbonyl (C=O) groups excluding carboxylic acids is 1. The first-order chi connectivity index (χ1) is 8.67. The van der Waals surface area contributed by atoms with Crippen molar-refractivity contribution in [2.24, 2.45) is 0 Å². The molecule has 5 nitrogen and oxygen atoms in total. The van der Waals surface area contributed by atoms with Gasteiger partial charge in [0.25, 0.3) is 0 Å². The predicted octanol–water partition coefficient (Wildman–Crippen LogP) is 1.50. The normalized spacial score (nSPS) is 9.61. The lowest BCUT2D eigenvalue weighted by Gasteiger charge is -2.09. The van der Waals surface area contributed by atoms with E-state index in [9.17, 15) is 4.79 Å². The van der Waals surface area contributed by atoms with E-state index in [0.29, 0.717) is 24.4 Å². The fraction of sp³-hybridized carbons (Fsp3) is 0.333. The third-order valence-corrected chi connectivity index (χ3v) is 2.66. The van der Waals surface area contributed by atoms with Crippen molar-refractivity contribution in [1.82, 2.24) is 5.32 Å². The van der Waals surface area contributed by atoms with Gasteiger partial charge < -0.3 is 15.4 Å². The van der Waals surface area contributed by atoms with E-state index in [2.05, 4.69) is 32.6 Å². The number of hydrogen-bond donors (Lipinski definition) is 2. The number of ether oxygens (including phenoxy) is 1. The number of benzene rings is 1. The number of nitrogens with one attached hydrogen (secondary N) is 2. The number of anilines is 1. The Labute approximate surface area is 114 Å². The van der Waals surface area contributed by atoms with Crippen molar-refractivity contribution in [3.63, 3.8) is 0 Å². The summed E-state index contributed by atoms with van der Waals surface area (Å²) in [7, 11) is 1.57. The molecule has 0 atom stereocenters. The van der Waals surface area contributed by atoms with Crippen LogP contribution in [0.3, 0.4) is 0 Å². The molecule has 0 spiro atoms. The minimum atomic E-state index is -0.140. The number of halogens is 1. The van der Waals surface area contributed by atoms with Gasteiger partial charge in [-0.3, -0.25) is 4.79 Å². The highest BCUT2D eigenvalue weighted by Crippen LogP contribution is 2.19. The summed E-state index contributed by atoms with van der Waals surface area (Å²) < 4.78 is 5.65. The summed E-state index contributed by atoms with van der Waals surface area (Å²) >= 11 is 3.29. The van der Waals surface area contributed by atoms with E-state index >= 15 is 0 Å². The van der Waals surface area contributed by atoms with Gasteiger partial charge >= 0.3 is 0 Å². The zero-order valence-electron chi connectivity index (χ0n) is 10.00. The largest absolute Gasteiger partial charge is 0.383 e. The van der Waals surface area contributed by atoms with Crippen LogP contribution < -0.4 is 10.6 Å². The Morgan fingerprint density at radius 1 is 1.56 bits per heavy atom. The number of amides is 1. The average Bonchev–Trinajstić information content (AvgIpc) is 2.37. The van der Waals surface area contributed by atoms with Gasteiger partial charge in [0, 0.05) is 18.1 Å². The van der Waals surface area contributed by atoms with Crippen LogP contribution in [0.4, 0.5) is 5.69 Å². The summed E-state index contributed by atoms with van der Waals surface area (Å²) in [5.74, 6) is -0.140. The maximum absolute atomic E-state index is 11.4. The van der Waals surface area contributed by atoms with E-state index in [-0.39, 0.29) is 12.5 Å². The van der Waals surface area contributed by atoms with Crippen LogP contribution in [0.1, 0.15) is 5.56 Å². The Hall–Kier alpha value is -1.58. The first-order valence-electron chi connectivity index (χ1n) is 5.36. The van der Waals surface area contributed by atoms with Crippen molar-refractivity contribution in [2.75, 3.05) is 32.1 Å². The van der Waals surface area contributed by atoms with Gasteiger partial charge in [0.15, 0.2) is 0 Å². The van der Waals surface area contributed by atoms with Gasteiger partial charge in [-0.05, 0) is 18.2 Å². The van der Waals surface area contributed by atoms with Gasteiger partial charge in [0.2, 0.25) is 5.91 Å². The second kappa shape index (κ2) is 7.69. The summed E-state index contributed by atoms with van der Waals surface area (Å²) in [4.78, 5) is 11.4. The maximum atomic E-state index is 11.4. The number of carbonyl (C=O) groups is 1. The first kappa shape index (κ1) is 14.5. The second-order valence-electron chi connectivity index (χ2n) is 3.50. The molecule has 0 aliphatic carbocycles. The highest BCUT2D eigenvalue weighted by atomic mass is 79.9. The molecule has 0 fully saturated rings.